The number of aromatic amines is 1. The molecule has 4 rings (SSSR count). The fraction of sp³-hybridized carbons (Fsp3) is 0.600. The molecule has 6 nitrogen and oxygen atoms in total. The van der Waals surface area contributed by atoms with Gasteiger partial charge in [-0.15, -0.1) is 0 Å². The van der Waals surface area contributed by atoms with Crippen LogP contribution in [0.1, 0.15) is 49.0 Å². The summed E-state index contributed by atoms with van der Waals surface area (Å²) in [7, 11) is 0. The molecule has 2 aromatic heterocycles. The normalized spacial score (nSPS) is 18.5. The van der Waals surface area contributed by atoms with Gasteiger partial charge >= 0.3 is 0 Å². The molecule has 2 fully saturated rings. The number of hydrogen-bond acceptors (Lipinski definition) is 4. The highest BCUT2D eigenvalue weighted by Gasteiger charge is 2.20. The SMILES string of the molecule is O=C(c1cc2cc(OCCCN3CCCC3)cnc2[nH]1)N1CCCCC1. The highest BCUT2D eigenvalue weighted by molar-refractivity contribution is 5.97. The summed E-state index contributed by atoms with van der Waals surface area (Å²) in [6.07, 6.45) is 8.84. The molecule has 2 saturated heterocycles. The predicted molar refractivity (Wildman–Crippen MR) is 102 cm³/mol. The summed E-state index contributed by atoms with van der Waals surface area (Å²) >= 11 is 0. The third kappa shape index (κ3) is 4.01. The van der Waals surface area contributed by atoms with E-state index in [1.54, 1.807) is 6.20 Å². The molecule has 6 heteroatoms. The largest absolute Gasteiger partial charge is 0.492 e. The van der Waals surface area contributed by atoms with E-state index in [1.807, 2.05) is 17.0 Å². The van der Waals surface area contributed by atoms with Crippen LogP contribution in [0.25, 0.3) is 11.0 Å². The van der Waals surface area contributed by atoms with E-state index in [0.717, 1.165) is 55.7 Å². The maximum atomic E-state index is 12.6. The van der Waals surface area contributed by atoms with Gasteiger partial charge in [-0.2, -0.15) is 0 Å². The van der Waals surface area contributed by atoms with Crippen LogP contribution >= 0.6 is 0 Å². The number of ether oxygens (including phenoxy) is 1. The first-order valence-electron chi connectivity index (χ1n) is 9.93. The number of piperidine rings is 1. The van der Waals surface area contributed by atoms with Gasteiger partial charge in [0, 0.05) is 25.0 Å². The van der Waals surface area contributed by atoms with Gasteiger partial charge in [-0.25, -0.2) is 4.98 Å². The van der Waals surface area contributed by atoms with Gasteiger partial charge in [-0.1, -0.05) is 0 Å². The Morgan fingerprint density at radius 2 is 1.85 bits per heavy atom. The van der Waals surface area contributed by atoms with Crippen molar-refractivity contribution < 1.29 is 9.53 Å². The molecule has 1 amide bonds. The smallest absolute Gasteiger partial charge is 0.270 e. The van der Waals surface area contributed by atoms with E-state index in [0.29, 0.717) is 12.3 Å². The van der Waals surface area contributed by atoms with Gasteiger partial charge in [0.05, 0.1) is 12.8 Å². The lowest BCUT2D eigenvalue weighted by molar-refractivity contribution is 0.0719. The van der Waals surface area contributed by atoms with Gasteiger partial charge in [0.25, 0.3) is 5.91 Å². The summed E-state index contributed by atoms with van der Waals surface area (Å²) in [5, 5.41) is 0.933. The summed E-state index contributed by atoms with van der Waals surface area (Å²) in [4.78, 5) is 24.6. The van der Waals surface area contributed by atoms with E-state index in [2.05, 4.69) is 14.9 Å². The fourth-order valence-electron chi connectivity index (χ4n) is 3.94. The summed E-state index contributed by atoms with van der Waals surface area (Å²) in [5.41, 5.74) is 1.37. The molecule has 4 heterocycles. The topological polar surface area (TPSA) is 61.5 Å². The van der Waals surface area contributed by atoms with Crippen molar-refractivity contribution in [3.8, 4) is 5.75 Å². The average molecular weight is 356 g/mol. The number of fused-ring (bicyclic) bond motifs is 1. The van der Waals surface area contributed by atoms with Crippen LogP contribution in [0.15, 0.2) is 18.3 Å². The molecule has 0 atom stereocenters. The van der Waals surface area contributed by atoms with Crippen LogP contribution < -0.4 is 4.74 Å². The molecule has 0 radical (unpaired) electrons. The Bertz CT molecular complexity index is 745. The molecular weight excluding hydrogens is 328 g/mol. The second-order valence-corrected chi connectivity index (χ2v) is 7.40. The summed E-state index contributed by atoms with van der Waals surface area (Å²) in [6.45, 7) is 5.97. The lowest BCUT2D eigenvalue weighted by Crippen LogP contribution is -2.35. The van der Waals surface area contributed by atoms with Crippen LogP contribution in [0.3, 0.4) is 0 Å². The first-order valence-corrected chi connectivity index (χ1v) is 9.93. The van der Waals surface area contributed by atoms with Gasteiger partial charge in [-0.3, -0.25) is 4.79 Å². The molecule has 2 aliphatic rings. The number of amides is 1. The van der Waals surface area contributed by atoms with E-state index in [4.69, 9.17) is 4.74 Å². The molecule has 0 saturated carbocycles. The van der Waals surface area contributed by atoms with E-state index >= 15 is 0 Å². The first-order chi connectivity index (χ1) is 12.8. The third-order valence-corrected chi connectivity index (χ3v) is 5.40. The molecule has 0 bridgehead atoms. The zero-order chi connectivity index (χ0) is 17.8. The van der Waals surface area contributed by atoms with Crippen molar-refractivity contribution in [3.63, 3.8) is 0 Å². The zero-order valence-corrected chi connectivity index (χ0v) is 15.4. The summed E-state index contributed by atoms with van der Waals surface area (Å²) < 4.78 is 5.86. The number of aromatic nitrogens is 2. The Hall–Kier alpha value is -2.08. The lowest BCUT2D eigenvalue weighted by atomic mass is 10.1. The van der Waals surface area contributed by atoms with Gasteiger partial charge in [0.15, 0.2) is 0 Å². The van der Waals surface area contributed by atoms with Crippen LogP contribution in [-0.2, 0) is 0 Å². The Morgan fingerprint density at radius 3 is 2.65 bits per heavy atom. The van der Waals surface area contributed by atoms with E-state index in [9.17, 15) is 4.79 Å². The van der Waals surface area contributed by atoms with Gasteiger partial charge in [-0.05, 0) is 63.7 Å². The minimum absolute atomic E-state index is 0.0794. The number of carbonyl (C=O) groups is 1. The van der Waals surface area contributed by atoms with Crippen LogP contribution in [0.5, 0.6) is 5.75 Å². The predicted octanol–water partition coefficient (Wildman–Crippen LogP) is 3.05. The number of likely N-dealkylation sites (tertiary alicyclic amines) is 2. The number of pyridine rings is 1. The molecule has 26 heavy (non-hydrogen) atoms. The van der Waals surface area contributed by atoms with Gasteiger partial charge in [0.2, 0.25) is 0 Å². The summed E-state index contributed by atoms with van der Waals surface area (Å²) in [5.74, 6) is 0.852. The quantitative estimate of drug-likeness (QED) is 0.808. The monoisotopic (exact) mass is 356 g/mol. The number of nitrogens with zero attached hydrogens (tertiary/aromatic N) is 3. The fourth-order valence-corrected chi connectivity index (χ4v) is 3.94. The van der Waals surface area contributed by atoms with Crippen molar-refractivity contribution in [1.82, 2.24) is 19.8 Å². The van der Waals surface area contributed by atoms with Crippen molar-refractivity contribution in [1.29, 1.82) is 0 Å². The van der Waals surface area contributed by atoms with Crippen molar-refractivity contribution in [3.05, 3.63) is 24.0 Å². The summed E-state index contributed by atoms with van der Waals surface area (Å²) in [6, 6.07) is 3.87. The number of carbonyl (C=O) groups excluding carboxylic acids is 1. The van der Waals surface area contributed by atoms with Crippen LogP contribution in [0.2, 0.25) is 0 Å². The molecular formula is C20H28N4O2. The maximum Gasteiger partial charge on any atom is 0.270 e. The number of rotatable bonds is 6. The highest BCUT2D eigenvalue weighted by Crippen LogP contribution is 2.21. The third-order valence-electron chi connectivity index (χ3n) is 5.40. The molecule has 2 aromatic rings. The van der Waals surface area contributed by atoms with Gasteiger partial charge < -0.3 is 19.5 Å². The van der Waals surface area contributed by atoms with Gasteiger partial charge in [0.1, 0.15) is 17.1 Å². The number of H-pyrrole nitrogens is 1. The van der Waals surface area contributed by atoms with Crippen molar-refractivity contribution in [2.75, 3.05) is 39.3 Å². The van der Waals surface area contributed by atoms with Crippen molar-refractivity contribution in [2.45, 2.75) is 38.5 Å². The van der Waals surface area contributed by atoms with E-state index < -0.39 is 0 Å². The van der Waals surface area contributed by atoms with E-state index in [1.165, 1.54) is 32.4 Å². The standard InChI is InChI=1S/C20H28N4O2/c25-20(24-10-2-1-3-11-24)18-14-16-13-17(15-21-19(16)22-18)26-12-6-9-23-7-4-5-8-23/h13-15H,1-12H2,(H,21,22). The van der Waals surface area contributed by atoms with Crippen molar-refractivity contribution in [2.24, 2.45) is 0 Å². The molecule has 0 aliphatic carbocycles. The number of nitrogens with one attached hydrogen (secondary N) is 1. The number of hydrogen-bond donors (Lipinski definition) is 1. The zero-order valence-electron chi connectivity index (χ0n) is 15.4. The molecule has 140 valence electrons. The molecule has 2 aliphatic heterocycles. The van der Waals surface area contributed by atoms with Crippen LogP contribution in [0.4, 0.5) is 0 Å². The van der Waals surface area contributed by atoms with Crippen molar-refractivity contribution >= 4 is 16.9 Å². The van der Waals surface area contributed by atoms with Crippen LogP contribution in [-0.4, -0.2) is 65.0 Å². The first kappa shape index (κ1) is 17.3. The Balaban J connectivity index is 1.35. The minimum Gasteiger partial charge on any atom is -0.492 e. The van der Waals surface area contributed by atoms with Crippen LogP contribution in [0, 0.1) is 0 Å². The van der Waals surface area contributed by atoms with E-state index in [-0.39, 0.29) is 5.91 Å². The minimum atomic E-state index is 0.0794. The Labute approximate surface area is 154 Å². The molecule has 0 spiro atoms. The molecule has 0 aromatic carbocycles. The Kier molecular flexibility index (Phi) is 5.39. The lowest BCUT2D eigenvalue weighted by Gasteiger charge is -2.26. The molecule has 0 unspecified atom stereocenters. The Morgan fingerprint density at radius 1 is 1.08 bits per heavy atom. The maximum absolute atomic E-state index is 12.6. The average Bonchev–Trinajstić information content (AvgIpc) is 3.34. The second-order valence-electron chi connectivity index (χ2n) is 7.40. The molecule has 1 N–H and O–H groups in total. The second kappa shape index (κ2) is 8.08. The highest BCUT2D eigenvalue weighted by atomic mass is 16.5.